The Labute approximate surface area is 327 Å². The van der Waals surface area contributed by atoms with Crippen molar-refractivity contribution < 1.29 is 47.5 Å². The van der Waals surface area contributed by atoms with Gasteiger partial charge in [0, 0.05) is 12.8 Å². The first-order valence-corrected chi connectivity index (χ1v) is 22.5. The maximum absolute atomic E-state index is 12.6. The minimum Gasteiger partial charge on any atom is -0.480 e. The van der Waals surface area contributed by atoms with Gasteiger partial charge in [-0.2, -0.15) is 0 Å². The van der Waals surface area contributed by atoms with E-state index in [0.29, 0.717) is 12.8 Å². The molecule has 0 aromatic carbocycles. The predicted octanol–water partition coefficient (Wildman–Crippen LogP) is 10.8. The van der Waals surface area contributed by atoms with Gasteiger partial charge in [-0.1, -0.05) is 159 Å². The molecule has 3 unspecified atom stereocenters. The minimum absolute atomic E-state index is 0.143. The summed E-state index contributed by atoms with van der Waals surface area (Å²) in [7, 11) is -4.72. The molecule has 0 fully saturated rings. The quantitative estimate of drug-likeness (QED) is 0.0234. The van der Waals surface area contributed by atoms with Gasteiger partial charge in [0.1, 0.15) is 12.6 Å². The van der Waals surface area contributed by atoms with Crippen LogP contribution in [0.2, 0.25) is 0 Å². The van der Waals surface area contributed by atoms with Crippen LogP contribution in [0.4, 0.5) is 0 Å². The number of unbranched alkanes of at least 4 members (excludes halogenated alkanes) is 19. The van der Waals surface area contributed by atoms with E-state index in [2.05, 4.69) is 54.8 Å². The van der Waals surface area contributed by atoms with Gasteiger partial charge in [0.25, 0.3) is 0 Å². The van der Waals surface area contributed by atoms with Gasteiger partial charge in [-0.3, -0.25) is 23.4 Å². The fraction of sp³-hybridized carbons (Fsp3) is 0.786. The molecule has 12 heteroatoms. The number of phosphoric ester groups is 1. The molecule has 0 amide bonds. The zero-order valence-corrected chi connectivity index (χ0v) is 34.7. The normalized spacial score (nSPS) is 14.1. The highest BCUT2D eigenvalue weighted by Crippen LogP contribution is 2.43. The molecule has 0 aliphatic carbocycles. The van der Waals surface area contributed by atoms with Crippen molar-refractivity contribution in [3.05, 3.63) is 36.5 Å². The van der Waals surface area contributed by atoms with E-state index in [1.807, 2.05) is 0 Å². The molecule has 314 valence electrons. The lowest BCUT2D eigenvalue weighted by Gasteiger charge is -2.20. The number of esters is 2. The first kappa shape index (κ1) is 51.7. The number of nitrogens with two attached hydrogens (primary N) is 1. The second kappa shape index (κ2) is 37.6. The molecule has 54 heavy (non-hydrogen) atoms. The first-order chi connectivity index (χ1) is 26.1. The van der Waals surface area contributed by atoms with Crippen molar-refractivity contribution in [3.8, 4) is 0 Å². The second-order valence-electron chi connectivity index (χ2n) is 14.1. The van der Waals surface area contributed by atoms with Crippen LogP contribution in [0.25, 0.3) is 0 Å². The van der Waals surface area contributed by atoms with Crippen molar-refractivity contribution in [1.82, 2.24) is 0 Å². The first-order valence-electron chi connectivity index (χ1n) is 21.0. The molecule has 0 saturated carbocycles. The highest BCUT2D eigenvalue weighted by Gasteiger charge is 2.28. The molecule has 0 aliphatic heterocycles. The highest BCUT2D eigenvalue weighted by atomic mass is 31.2. The summed E-state index contributed by atoms with van der Waals surface area (Å²) in [6, 6.07) is -1.52. The molecule has 0 rings (SSSR count). The molecule has 0 heterocycles. The molecule has 0 spiro atoms. The van der Waals surface area contributed by atoms with Crippen molar-refractivity contribution in [2.24, 2.45) is 5.73 Å². The van der Waals surface area contributed by atoms with Gasteiger partial charge in [0.2, 0.25) is 0 Å². The summed E-state index contributed by atoms with van der Waals surface area (Å²) in [6.07, 6.45) is 39.2. The summed E-state index contributed by atoms with van der Waals surface area (Å²) >= 11 is 0. The summed E-state index contributed by atoms with van der Waals surface area (Å²) < 4.78 is 32.6. The van der Waals surface area contributed by atoms with Crippen LogP contribution in [-0.4, -0.2) is 59.9 Å². The molecule has 0 radical (unpaired) electrons. The largest absolute Gasteiger partial charge is 0.480 e. The fourth-order valence-corrected chi connectivity index (χ4v) is 6.39. The molecule has 0 saturated heterocycles. The smallest absolute Gasteiger partial charge is 0.472 e. The van der Waals surface area contributed by atoms with E-state index in [1.165, 1.54) is 70.6 Å². The molecule has 0 bridgehead atoms. The number of carboxylic acids is 1. The number of hydrogen-bond donors (Lipinski definition) is 3. The third-order valence-corrected chi connectivity index (χ3v) is 9.85. The van der Waals surface area contributed by atoms with Gasteiger partial charge in [-0.25, -0.2) is 4.57 Å². The van der Waals surface area contributed by atoms with Gasteiger partial charge in [0.15, 0.2) is 6.10 Å². The third kappa shape index (κ3) is 36.7. The van der Waals surface area contributed by atoms with Crippen molar-refractivity contribution in [2.45, 2.75) is 193 Å². The number of carbonyl (C=O) groups is 3. The minimum atomic E-state index is -4.72. The fourth-order valence-electron chi connectivity index (χ4n) is 5.61. The topological polar surface area (TPSA) is 172 Å². The Morgan fingerprint density at radius 1 is 0.593 bits per heavy atom. The van der Waals surface area contributed by atoms with Crippen LogP contribution in [0.3, 0.4) is 0 Å². The summed E-state index contributed by atoms with van der Waals surface area (Å²) in [5.41, 5.74) is 5.33. The van der Waals surface area contributed by atoms with E-state index in [4.69, 9.17) is 24.8 Å². The van der Waals surface area contributed by atoms with Gasteiger partial charge < -0.3 is 25.2 Å². The summed E-state index contributed by atoms with van der Waals surface area (Å²) in [5, 5.41) is 8.88. The zero-order valence-electron chi connectivity index (χ0n) is 33.8. The predicted molar refractivity (Wildman–Crippen MR) is 217 cm³/mol. The van der Waals surface area contributed by atoms with Gasteiger partial charge in [-0.05, 0) is 44.9 Å². The highest BCUT2D eigenvalue weighted by molar-refractivity contribution is 7.47. The lowest BCUT2D eigenvalue weighted by Crippen LogP contribution is -2.34. The maximum atomic E-state index is 12.6. The molecule has 4 N–H and O–H groups in total. The number of allylic oxidation sites excluding steroid dienone is 6. The lowest BCUT2D eigenvalue weighted by molar-refractivity contribution is -0.161. The van der Waals surface area contributed by atoms with Crippen LogP contribution in [-0.2, 0) is 37.5 Å². The van der Waals surface area contributed by atoms with Crippen LogP contribution >= 0.6 is 7.82 Å². The zero-order chi connectivity index (χ0) is 40.0. The van der Waals surface area contributed by atoms with Crippen LogP contribution in [0.1, 0.15) is 181 Å². The molecule has 11 nitrogen and oxygen atoms in total. The van der Waals surface area contributed by atoms with Crippen LogP contribution in [0, 0.1) is 0 Å². The van der Waals surface area contributed by atoms with Crippen LogP contribution in [0.5, 0.6) is 0 Å². The van der Waals surface area contributed by atoms with E-state index < -0.39 is 51.1 Å². The van der Waals surface area contributed by atoms with Crippen molar-refractivity contribution in [2.75, 3.05) is 19.8 Å². The Bertz CT molecular complexity index is 1060. The van der Waals surface area contributed by atoms with Crippen molar-refractivity contribution in [1.29, 1.82) is 0 Å². The second-order valence-corrected chi connectivity index (χ2v) is 15.6. The number of carbonyl (C=O) groups excluding carboxylic acids is 2. The van der Waals surface area contributed by atoms with E-state index >= 15 is 0 Å². The van der Waals surface area contributed by atoms with Gasteiger partial charge in [-0.15, -0.1) is 0 Å². The lowest BCUT2D eigenvalue weighted by atomic mass is 10.0. The van der Waals surface area contributed by atoms with E-state index in [0.717, 1.165) is 70.6 Å². The van der Waals surface area contributed by atoms with Gasteiger partial charge in [0.05, 0.1) is 13.2 Å². The summed E-state index contributed by atoms with van der Waals surface area (Å²) in [6.45, 7) is 2.67. The molecule has 3 atom stereocenters. The Balaban J connectivity index is 4.40. The number of hydrogen-bond acceptors (Lipinski definition) is 9. The summed E-state index contributed by atoms with van der Waals surface area (Å²) in [4.78, 5) is 45.9. The Morgan fingerprint density at radius 2 is 1.04 bits per heavy atom. The number of phosphoric acid groups is 1. The Kier molecular flexibility index (Phi) is 36.0. The Morgan fingerprint density at radius 3 is 1.56 bits per heavy atom. The number of carboxylic acid groups (broad SMARTS) is 1. The van der Waals surface area contributed by atoms with Crippen LogP contribution in [0.15, 0.2) is 36.5 Å². The standard InChI is InChI=1S/C42H76NO10P/c1-3-5-7-9-11-13-15-17-19-21-23-25-27-29-31-33-40(44)50-35-38(36-51-54(48,49)52-37-39(43)42(46)47)53-41(45)34-32-30-28-26-24-22-20-18-16-14-12-10-8-6-4-2/h6,8,12,14,18,20,38-39H,3-5,7,9-11,13,15-17,19,21-37,43H2,1-2H3,(H,46,47)(H,48,49)/b8-6-,14-12-,20-18-. The number of rotatable bonds is 39. The molecule has 0 aliphatic rings. The Hall–Kier alpha value is -2.30. The van der Waals surface area contributed by atoms with E-state index in [1.54, 1.807) is 0 Å². The van der Waals surface area contributed by atoms with E-state index in [9.17, 15) is 23.8 Å². The number of ether oxygens (including phenoxy) is 2. The van der Waals surface area contributed by atoms with E-state index in [-0.39, 0.29) is 19.4 Å². The molecular weight excluding hydrogens is 709 g/mol. The molecule has 0 aromatic heterocycles. The van der Waals surface area contributed by atoms with Crippen molar-refractivity contribution in [3.63, 3.8) is 0 Å². The average molecular weight is 786 g/mol. The van der Waals surface area contributed by atoms with Crippen molar-refractivity contribution >= 4 is 25.7 Å². The molecule has 0 aromatic rings. The third-order valence-electron chi connectivity index (χ3n) is 8.90. The SMILES string of the molecule is CC/C=C\C/C=C\C/C=C\CCCCCCCC(=O)OC(COC(=O)CCCCCCCCCCCCCCCCC)COP(=O)(O)OCC(N)C(=O)O. The van der Waals surface area contributed by atoms with Gasteiger partial charge >= 0.3 is 25.7 Å². The van der Waals surface area contributed by atoms with Crippen LogP contribution < -0.4 is 5.73 Å². The average Bonchev–Trinajstić information content (AvgIpc) is 3.14. The maximum Gasteiger partial charge on any atom is 0.472 e. The monoisotopic (exact) mass is 786 g/mol. The number of aliphatic carboxylic acids is 1. The molecular formula is C42H76NO10P. The summed E-state index contributed by atoms with van der Waals surface area (Å²) in [5.74, 6) is -2.40.